The number of likely N-dealkylation sites (tertiary alicyclic amines) is 1. The lowest BCUT2D eigenvalue weighted by Crippen LogP contribution is -2.47. The lowest BCUT2D eigenvalue weighted by molar-refractivity contribution is -0.00785. The van der Waals surface area contributed by atoms with E-state index in [-0.39, 0.29) is 0 Å². The molecule has 0 amide bonds. The summed E-state index contributed by atoms with van der Waals surface area (Å²) < 4.78 is 5.46. The molecule has 2 rings (SSSR count). The summed E-state index contributed by atoms with van der Waals surface area (Å²) >= 11 is 0. The summed E-state index contributed by atoms with van der Waals surface area (Å²) in [5.41, 5.74) is 0. The fourth-order valence-electron chi connectivity index (χ4n) is 3.03. The van der Waals surface area contributed by atoms with E-state index >= 15 is 0 Å². The highest BCUT2D eigenvalue weighted by Crippen LogP contribution is 2.35. The van der Waals surface area contributed by atoms with Crippen molar-refractivity contribution in [2.24, 2.45) is 5.92 Å². The molecule has 0 aromatic rings. The standard InChI is InChI=1S/C11H21NO/c1-12-7-3-4-9-5-6-10(13-2)8-11(9)12/h9-11H,3-8H2,1-2H3/t9-,10?,11+/m1/s1. The van der Waals surface area contributed by atoms with Gasteiger partial charge in [0.05, 0.1) is 6.10 Å². The monoisotopic (exact) mass is 183 g/mol. The second kappa shape index (κ2) is 3.97. The van der Waals surface area contributed by atoms with Gasteiger partial charge in [-0.05, 0) is 51.6 Å². The molecule has 3 atom stereocenters. The molecule has 76 valence electrons. The molecule has 1 aliphatic carbocycles. The van der Waals surface area contributed by atoms with Crippen molar-refractivity contribution >= 4 is 0 Å². The van der Waals surface area contributed by atoms with Gasteiger partial charge in [0.2, 0.25) is 0 Å². The minimum absolute atomic E-state index is 0.529. The third kappa shape index (κ3) is 1.89. The van der Waals surface area contributed by atoms with Crippen molar-refractivity contribution in [1.82, 2.24) is 4.90 Å². The van der Waals surface area contributed by atoms with Crippen LogP contribution in [0.1, 0.15) is 32.1 Å². The molecule has 13 heavy (non-hydrogen) atoms. The summed E-state index contributed by atoms with van der Waals surface area (Å²) in [6, 6.07) is 0.812. The van der Waals surface area contributed by atoms with Crippen molar-refractivity contribution in [3.05, 3.63) is 0 Å². The first kappa shape index (κ1) is 9.47. The van der Waals surface area contributed by atoms with Crippen LogP contribution in [0.5, 0.6) is 0 Å². The van der Waals surface area contributed by atoms with Crippen LogP contribution in [-0.2, 0) is 4.74 Å². The van der Waals surface area contributed by atoms with E-state index in [0.29, 0.717) is 6.10 Å². The van der Waals surface area contributed by atoms with Crippen LogP contribution in [-0.4, -0.2) is 37.7 Å². The Morgan fingerprint density at radius 3 is 2.85 bits per heavy atom. The maximum atomic E-state index is 5.46. The normalized spacial score (nSPS) is 41.5. The zero-order valence-electron chi connectivity index (χ0n) is 8.83. The maximum Gasteiger partial charge on any atom is 0.0586 e. The molecular weight excluding hydrogens is 162 g/mol. The Morgan fingerprint density at radius 1 is 1.23 bits per heavy atom. The molecule has 2 fully saturated rings. The number of hydrogen-bond donors (Lipinski definition) is 0. The van der Waals surface area contributed by atoms with Gasteiger partial charge in [0.25, 0.3) is 0 Å². The molecule has 1 aliphatic heterocycles. The van der Waals surface area contributed by atoms with Crippen molar-refractivity contribution in [2.75, 3.05) is 20.7 Å². The van der Waals surface area contributed by atoms with E-state index in [1.807, 2.05) is 7.11 Å². The Labute approximate surface area is 81.3 Å². The summed E-state index contributed by atoms with van der Waals surface area (Å²) in [6.45, 7) is 1.29. The number of hydrogen-bond acceptors (Lipinski definition) is 2. The van der Waals surface area contributed by atoms with Crippen molar-refractivity contribution < 1.29 is 4.74 Å². The number of methoxy groups -OCH3 is 1. The van der Waals surface area contributed by atoms with E-state index in [1.54, 1.807) is 0 Å². The molecule has 0 spiro atoms. The highest BCUT2D eigenvalue weighted by atomic mass is 16.5. The van der Waals surface area contributed by atoms with Crippen LogP contribution in [0.4, 0.5) is 0 Å². The maximum absolute atomic E-state index is 5.46. The van der Waals surface area contributed by atoms with Crippen LogP contribution in [0, 0.1) is 5.92 Å². The fourth-order valence-corrected chi connectivity index (χ4v) is 3.03. The van der Waals surface area contributed by atoms with Crippen LogP contribution < -0.4 is 0 Å². The smallest absolute Gasteiger partial charge is 0.0586 e. The number of fused-ring (bicyclic) bond motifs is 1. The minimum Gasteiger partial charge on any atom is -0.381 e. The van der Waals surface area contributed by atoms with Crippen LogP contribution in [0.25, 0.3) is 0 Å². The molecule has 2 heteroatoms. The molecule has 1 saturated heterocycles. The van der Waals surface area contributed by atoms with Crippen LogP contribution in [0.15, 0.2) is 0 Å². The van der Waals surface area contributed by atoms with Crippen LogP contribution in [0.3, 0.4) is 0 Å². The predicted octanol–water partition coefficient (Wildman–Crippen LogP) is 1.90. The summed E-state index contributed by atoms with van der Waals surface area (Å²) in [6.07, 6.45) is 7.30. The van der Waals surface area contributed by atoms with Crippen molar-refractivity contribution in [2.45, 2.75) is 44.2 Å². The topological polar surface area (TPSA) is 12.5 Å². The summed E-state index contributed by atoms with van der Waals surface area (Å²) in [7, 11) is 4.13. The van der Waals surface area contributed by atoms with Crippen molar-refractivity contribution in [3.8, 4) is 0 Å². The quantitative estimate of drug-likeness (QED) is 0.615. The molecular formula is C11H21NO. The van der Waals surface area contributed by atoms with Gasteiger partial charge in [0.15, 0.2) is 0 Å². The summed E-state index contributed by atoms with van der Waals surface area (Å²) in [5, 5.41) is 0. The second-order valence-corrected chi connectivity index (χ2v) is 4.62. The van der Waals surface area contributed by atoms with Gasteiger partial charge in [-0.2, -0.15) is 0 Å². The second-order valence-electron chi connectivity index (χ2n) is 4.62. The molecule has 2 aliphatic rings. The molecule has 0 radical (unpaired) electrons. The Morgan fingerprint density at radius 2 is 2.08 bits per heavy atom. The van der Waals surface area contributed by atoms with Gasteiger partial charge in [-0.25, -0.2) is 0 Å². The Kier molecular flexibility index (Phi) is 2.89. The van der Waals surface area contributed by atoms with Gasteiger partial charge in [0, 0.05) is 13.2 Å². The Balaban J connectivity index is 1.97. The molecule has 0 bridgehead atoms. The van der Waals surface area contributed by atoms with E-state index in [2.05, 4.69) is 11.9 Å². The Bertz CT molecular complexity index is 171. The molecule has 1 heterocycles. The third-order valence-electron chi connectivity index (χ3n) is 3.89. The number of ether oxygens (including phenoxy) is 1. The number of nitrogens with zero attached hydrogens (tertiary/aromatic N) is 1. The molecule has 0 aromatic carbocycles. The zero-order chi connectivity index (χ0) is 9.26. The first-order chi connectivity index (χ1) is 6.31. The lowest BCUT2D eigenvalue weighted by Gasteiger charge is -2.44. The highest BCUT2D eigenvalue weighted by Gasteiger charge is 2.34. The minimum atomic E-state index is 0.529. The van der Waals surface area contributed by atoms with Gasteiger partial charge in [-0.15, -0.1) is 0 Å². The Hall–Kier alpha value is -0.0800. The first-order valence-corrected chi connectivity index (χ1v) is 5.54. The highest BCUT2D eigenvalue weighted by molar-refractivity contribution is 4.89. The van der Waals surface area contributed by atoms with Crippen molar-refractivity contribution in [3.63, 3.8) is 0 Å². The van der Waals surface area contributed by atoms with Gasteiger partial charge < -0.3 is 9.64 Å². The van der Waals surface area contributed by atoms with E-state index < -0.39 is 0 Å². The van der Waals surface area contributed by atoms with Crippen LogP contribution >= 0.6 is 0 Å². The third-order valence-corrected chi connectivity index (χ3v) is 3.89. The molecule has 0 aromatic heterocycles. The summed E-state index contributed by atoms with van der Waals surface area (Å²) in [4.78, 5) is 2.54. The van der Waals surface area contributed by atoms with E-state index in [9.17, 15) is 0 Å². The van der Waals surface area contributed by atoms with Crippen LogP contribution in [0.2, 0.25) is 0 Å². The van der Waals surface area contributed by atoms with Crippen molar-refractivity contribution in [1.29, 1.82) is 0 Å². The number of rotatable bonds is 1. The van der Waals surface area contributed by atoms with Gasteiger partial charge in [-0.3, -0.25) is 0 Å². The zero-order valence-corrected chi connectivity index (χ0v) is 8.83. The molecule has 0 N–H and O–H groups in total. The van der Waals surface area contributed by atoms with E-state index in [0.717, 1.165) is 12.0 Å². The largest absolute Gasteiger partial charge is 0.381 e. The molecule has 2 nitrogen and oxygen atoms in total. The van der Waals surface area contributed by atoms with Gasteiger partial charge in [-0.1, -0.05) is 0 Å². The SMILES string of the molecule is COC1CC[C@H]2CCCN(C)[C@H]2C1. The average molecular weight is 183 g/mol. The molecule has 1 saturated carbocycles. The average Bonchev–Trinajstić information content (AvgIpc) is 2.18. The lowest BCUT2D eigenvalue weighted by atomic mass is 9.77. The fraction of sp³-hybridized carbons (Fsp3) is 1.00. The first-order valence-electron chi connectivity index (χ1n) is 5.54. The van der Waals surface area contributed by atoms with E-state index in [1.165, 1.54) is 38.6 Å². The van der Waals surface area contributed by atoms with Gasteiger partial charge >= 0.3 is 0 Å². The summed E-state index contributed by atoms with van der Waals surface area (Å²) in [5.74, 6) is 0.963. The number of piperidine rings is 1. The predicted molar refractivity (Wildman–Crippen MR) is 53.8 cm³/mol. The molecule has 1 unspecified atom stereocenters. The van der Waals surface area contributed by atoms with E-state index in [4.69, 9.17) is 4.74 Å². The van der Waals surface area contributed by atoms with Gasteiger partial charge in [0.1, 0.15) is 0 Å².